The average Bonchev–Trinajstić information content (AvgIpc) is 2.36. The maximum absolute atomic E-state index is 12.5. The molecular weight excluding hydrogens is 314 g/mol. The molecule has 3 heteroatoms. The zero-order valence-electron chi connectivity index (χ0n) is 12.7. The van der Waals surface area contributed by atoms with Crippen molar-refractivity contribution in [3.63, 3.8) is 0 Å². The minimum Gasteiger partial charge on any atom is -0.335 e. The molecule has 0 unspecified atom stereocenters. The summed E-state index contributed by atoms with van der Waals surface area (Å²) in [7, 11) is 0. The molecule has 1 heterocycles. The van der Waals surface area contributed by atoms with Crippen LogP contribution in [0.25, 0.3) is 0 Å². The zero-order valence-corrected chi connectivity index (χ0v) is 14.3. The minimum absolute atomic E-state index is 0.124. The van der Waals surface area contributed by atoms with Crippen molar-refractivity contribution in [2.45, 2.75) is 34.1 Å². The lowest BCUT2D eigenvalue weighted by Crippen LogP contribution is -2.36. The molecule has 20 heavy (non-hydrogen) atoms. The fourth-order valence-electron chi connectivity index (χ4n) is 2.58. The Balaban J connectivity index is 2.14. The number of halogens is 1. The number of hydrogen-bond donors (Lipinski definition) is 0. The summed E-state index contributed by atoms with van der Waals surface area (Å²) in [6, 6.07) is 5.87. The molecule has 1 aromatic carbocycles. The molecule has 2 rings (SSSR count). The number of carbonyl (C=O) groups excluding carboxylic acids is 1. The summed E-state index contributed by atoms with van der Waals surface area (Å²) in [6.07, 6.45) is 3.19. The van der Waals surface area contributed by atoms with Gasteiger partial charge in [-0.2, -0.15) is 0 Å². The second kappa shape index (κ2) is 5.72. The number of benzene rings is 1. The molecule has 0 aromatic heterocycles. The van der Waals surface area contributed by atoms with Crippen molar-refractivity contribution in [3.05, 3.63) is 45.4 Å². The van der Waals surface area contributed by atoms with E-state index in [1.165, 1.54) is 5.57 Å². The summed E-state index contributed by atoms with van der Waals surface area (Å²) >= 11 is 3.46. The van der Waals surface area contributed by atoms with Crippen molar-refractivity contribution < 1.29 is 4.79 Å². The lowest BCUT2D eigenvalue weighted by molar-refractivity contribution is 0.0765. The third-order valence-corrected chi connectivity index (χ3v) is 4.21. The standard InChI is InChI=1S/C17H22BrNO/c1-12-9-13(11-15(18)10-12)16(20)19-7-5-14(6-8-19)17(2,3)4/h5,9-11H,6-8H2,1-4H3. The summed E-state index contributed by atoms with van der Waals surface area (Å²) in [5, 5.41) is 0. The number of amides is 1. The molecule has 0 aliphatic carbocycles. The van der Waals surface area contributed by atoms with E-state index in [1.807, 2.05) is 30.0 Å². The van der Waals surface area contributed by atoms with Crippen LogP contribution in [-0.2, 0) is 0 Å². The van der Waals surface area contributed by atoms with Gasteiger partial charge in [-0.05, 0) is 42.5 Å². The molecular formula is C17H22BrNO. The van der Waals surface area contributed by atoms with Gasteiger partial charge in [0.2, 0.25) is 0 Å². The van der Waals surface area contributed by atoms with Crippen LogP contribution < -0.4 is 0 Å². The molecule has 1 aliphatic rings. The normalized spacial score (nSPS) is 16.1. The Morgan fingerprint density at radius 2 is 1.95 bits per heavy atom. The molecule has 0 saturated heterocycles. The maximum atomic E-state index is 12.5. The van der Waals surface area contributed by atoms with E-state index in [2.05, 4.69) is 42.8 Å². The highest BCUT2D eigenvalue weighted by Gasteiger charge is 2.24. The van der Waals surface area contributed by atoms with Gasteiger partial charge >= 0.3 is 0 Å². The van der Waals surface area contributed by atoms with E-state index in [4.69, 9.17) is 0 Å². The van der Waals surface area contributed by atoms with Crippen molar-refractivity contribution in [1.29, 1.82) is 0 Å². The highest BCUT2D eigenvalue weighted by Crippen LogP contribution is 2.30. The van der Waals surface area contributed by atoms with Gasteiger partial charge in [-0.15, -0.1) is 0 Å². The lowest BCUT2D eigenvalue weighted by Gasteiger charge is -2.32. The van der Waals surface area contributed by atoms with E-state index in [1.54, 1.807) is 0 Å². The van der Waals surface area contributed by atoms with Crippen LogP contribution in [0.5, 0.6) is 0 Å². The first-order chi connectivity index (χ1) is 9.27. The Morgan fingerprint density at radius 1 is 1.25 bits per heavy atom. The highest BCUT2D eigenvalue weighted by molar-refractivity contribution is 9.10. The fourth-order valence-corrected chi connectivity index (χ4v) is 3.18. The Hall–Kier alpha value is -1.09. The van der Waals surface area contributed by atoms with Crippen LogP contribution in [0, 0.1) is 12.3 Å². The predicted octanol–water partition coefficient (Wildman–Crippen LogP) is 4.58. The largest absolute Gasteiger partial charge is 0.335 e. The number of aryl methyl sites for hydroxylation is 1. The van der Waals surface area contributed by atoms with E-state index >= 15 is 0 Å². The number of carbonyl (C=O) groups is 1. The Labute approximate surface area is 130 Å². The molecule has 0 radical (unpaired) electrons. The van der Waals surface area contributed by atoms with Crippen molar-refractivity contribution in [3.8, 4) is 0 Å². The first kappa shape index (κ1) is 15.3. The maximum Gasteiger partial charge on any atom is 0.254 e. The number of rotatable bonds is 1. The smallest absolute Gasteiger partial charge is 0.254 e. The molecule has 1 aromatic rings. The molecule has 0 spiro atoms. The van der Waals surface area contributed by atoms with Crippen LogP contribution in [0.1, 0.15) is 43.1 Å². The predicted molar refractivity (Wildman–Crippen MR) is 86.9 cm³/mol. The summed E-state index contributed by atoms with van der Waals surface area (Å²) in [5.74, 6) is 0.124. The number of hydrogen-bond acceptors (Lipinski definition) is 1. The van der Waals surface area contributed by atoms with Gasteiger partial charge in [0.15, 0.2) is 0 Å². The SMILES string of the molecule is Cc1cc(Br)cc(C(=O)N2CC=C(C(C)(C)C)CC2)c1. The monoisotopic (exact) mass is 335 g/mol. The van der Waals surface area contributed by atoms with E-state index in [9.17, 15) is 4.79 Å². The van der Waals surface area contributed by atoms with Crippen LogP contribution in [0.15, 0.2) is 34.3 Å². The minimum atomic E-state index is 0.124. The van der Waals surface area contributed by atoms with Crippen molar-refractivity contribution in [2.24, 2.45) is 5.41 Å². The second-order valence-electron chi connectivity index (χ2n) is 6.50. The highest BCUT2D eigenvalue weighted by atomic mass is 79.9. The van der Waals surface area contributed by atoms with Crippen LogP contribution in [0.3, 0.4) is 0 Å². The Kier molecular flexibility index (Phi) is 4.38. The average molecular weight is 336 g/mol. The lowest BCUT2D eigenvalue weighted by atomic mass is 9.83. The summed E-state index contributed by atoms with van der Waals surface area (Å²) in [6.45, 7) is 10.2. The molecule has 1 aliphatic heterocycles. The van der Waals surface area contributed by atoms with Crippen molar-refractivity contribution in [1.82, 2.24) is 4.90 Å². The van der Waals surface area contributed by atoms with Crippen LogP contribution in [0.4, 0.5) is 0 Å². The Bertz CT molecular complexity index is 534. The third-order valence-electron chi connectivity index (χ3n) is 3.75. The van der Waals surface area contributed by atoms with Gasteiger partial charge in [0.05, 0.1) is 0 Å². The van der Waals surface area contributed by atoms with Gasteiger partial charge in [-0.25, -0.2) is 0 Å². The fraction of sp³-hybridized carbons (Fsp3) is 0.471. The van der Waals surface area contributed by atoms with E-state index in [-0.39, 0.29) is 11.3 Å². The van der Waals surface area contributed by atoms with Gasteiger partial charge < -0.3 is 4.90 Å². The quantitative estimate of drug-likeness (QED) is 0.688. The topological polar surface area (TPSA) is 20.3 Å². The van der Waals surface area contributed by atoms with E-state index < -0.39 is 0 Å². The molecule has 0 bridgehead atoms. The summed E-state index contributed by atoms with van der Waals surface area (Å²) in [4.78, 5) is 14.5. The molecule has 108 valence electrons. The first-order valence-corrected chi connectivity index (χ1v) is 7.82. The summed E-state index contributed by atoms with van der Waals surface area (Å²) < 4.78 is 0.962. The van der Waals surface area contributed by atoms with Crippen molar-refractivity contribution >= 4 is 21.8 Å². The van der Waals surface area contributed by atoms with Crippen LogP contribution in [-0.4, -0.2) is 23.9 Å². The van der Waals surface area contributed by atoms with Gasteiger partial charge in [-0.3, -0.25) is 4.79 Å². The van der Waals surface area contributed by atoms with Crippen molar-refractivity contribution in [2.75, 3.05) is 13.1 Å². The summed E-state index contributed by atoms with van der Waals surface area (Å²) in [5.41, 5.74) is 3.53. The molecule has 1 amide bonds. The molecule has 0 fully saturated rings. The zero-order chi connectivity index (χ0) is 14.9. The molecule has 0 atom stereocenters. The van der Waals surface area contributed by atoms with E-state index in [0.717, 1.165) is 35.1 Å². The van der Waals surface area contributed by atoms with Crippen LogP contribution >= 0.6 is 15.9 Å². The second-order valence-corrected chi connectivity index (χ2v) is 7.41. The Morgan fingerprint density at radius 3 is 2.45 bits per heavy atom. The molecule has 0 saturated carbocycles. The molecule has 2 nitrogen and oxygen atoms in total. The van der Waals surface area contributed by atoms with Gasteiger partial charge in [0.25, 0.3) is 5.91 Å². The van der Waals surface area contributed by atoms with Crippen LogP contribution in [0.2, 0.25) is 0 Å². The van der Waals surface area contributed by atoms with Gasteiger partial charge in [-0.1, -0.05) is 48.4 Å². The first-order valence-electron chi connectivity index (χ1n) is 7.03. The number of nitrogens with zero attached hydrogens (tertiary/aromatic N) is 1. The van der Waals surface area contributed by atoms with E-state index in [0.29, 0.717) is 0 Å². The van der Waals surface area contributed by atoms with Gasteiger partial charge in [0, 0.05) is 23.1 Å². The third kappa shape index (κ3) is 3.51. The van der Waals surface area contributed by atoms with Gasteiger partial charge in [0.1, 0.15) is 0 Å². The molecule has 0 N–H and O–H groups in total.